The molecule has 2 aromatic rings. The Morgan fingerprint density at radius 3 is 2.15 bits per heavy atom. The van der Waals surface area contributed by atoms with Crippen LogP contribution >= 0.6 is 0 Å². The number of carbonyl (C=O) groups excluding carboxylic acids is 2. The second-order valence-corrected chi connectivity index (χ2v) is 12.1. The van der Waals surface area contributed by atoms with Crippen LogP contribution in [0.5, 0.6) is 5.75 Å². The summed E-state index contributed by atoms with van der Waals surface area (Å²) in [7, 11) is 4.10. The maximum Gasteiger partial charge on any atom is 0.245 e. The third-order valence-electron chi connectivity index (χ3n) is 7.63. The summed E-state index contributed by atoms with van der Waals surface area (Å²) in [6.45, 7) is 13.1. The molecule has 2 aromatic carbocycles. The van der Waals surface area contributed by atoms with Crippen LogP contribution < -0.4 is 10.1 Å². The molecule has 0 bridgehead atoms. The first kappa shape index (κ1) is 31.6. The highest BCUT2D eigenvalue weighted by molar-refractivity contribution is 5.90. The van der Waals surface area contributed by atoms with Gasteiger partial charge >= 0.3 is 0 Å². The number of benzene rings is 2. The molecule has 0 spiro atoms. The van der Waals surface area contributed by atoms with Crippen molar-refractivity contribution in [2.45, 2.75) is 65.6 Å². The van der Waals surface area contributed by atoms with Crippen molar-refractivity contribution in [1.29, 1.82) is 0 Å². The summed E-state index contributed by atoms with van der Waals surface area (Å²) in [5.41, 5.74) is 2.11. The molecule has 1 saturated heterocycles. The van der Waals surface area contributed by atoms with Crippen LogP contribution in [-0.2, 0) is 22.6 Å². The van der Waals surface area contributed by atoms with Gasteiger partial charge in [0, 0.05) is 32.6 Å². The van der Waals surface area contributed by atoms with Gasteiger partial charge in [-0.2, -0.15) is 0 Å². The number of rotatable bonds is 14. The van der Waals surface area contributed by atoms with E-state index in [4.69, 9.17) is 4.74 Å². The van der Waals surface area contributed by atoms with Gasteiger partial charge in [0.15, 0.2) is 0 Å². The summed E-state index contributed by atoms with van der Waals surface area (Å²) in [5.74, 6) is 1.65. The van der Waals surface area contributed by atoms with Crippen molar-refractivity contribution >= 4 is 11.8 Å². The number of nitrogens with zero attached hydrogens (tertiary/aromatic N) is 3. The van der Waals surface area contributed by atoms with Crippen LogP contribution in [0.1, 0.15) is 51.7 Å². The number of piperazine rings is 1. The second-order valence-electron chi connectivity index (χ2n) is 12.1. The van der Waals surface area contributed by atoms with Crippen LogP contribution in [0.2, 0.25) is 0 Å². The molecule has 0 aliphatic carbocycles. The molecule has 2 amide bonds. The lowest BCUT2D eigenvalue weighted by Crippen LogP contribution is -2.57. The second kappa shape index (κ2) is 15.8. The number of likely N-dealkylation sites (N-methyl/N-ethyl adjacent to an activating group) is 2. The SMILES string of the molecule is CC(C)CCN(C)[C@@H](CC(C)C)C(=O)N[C@@H](Cc1ccc(OCc2ccccc2)cc1)C(=O)N1CCN(C)CC1. The Morgan fingerprint density at radius 2 is 1.55 bits per heavy atom. The van der Waals surface area contributed by atoms with Crippen LogP contribution in [0.4, 0.5) is 0 Å². The van der Waals surface area contributed by atoms with E-state index in [1.165, 1.54) is 0 Å². The number of hydrogen-bond acceptors (Lipinski definition) is 5. The summed E-state index contributed by atoms with van der Waals surface area (Å²) in [5, 5.41) is 3.19. The summed E-state index contributed by atoms with van der Waals surface area (Å²) in [4.78, 5) is 33.8. The molecule has 1 heterocycles. The molecule has 7 heteroatoms. The van der Waals surface area contributed by atoms with Crippen molar-refractivity contribution < 1.29 is 14.3 Å². The summed E-state index contributed by atoms with van der Waals surface area (Å²) in [6, 6.07) is 17.1. The highest BCUT2D eigenvalue weighted by Crippen LogP contribution is 2.18. The lowest BCUT2D eigenvalue weighted by molar-refractivity contribution is -0.139. The molecule has 0 radical (unpaired) electrons. The lowest BCUT2D eigenvalue weighted by atomic mass is 9.99. The zero-order chi connectivity index (χ0) is 29.1. The van der Waals surface area contributed by atoms with Gasteiger partial charge in [-0.25, -0.2) is 0 Å². The molecule has 7 nitrogen and oxygen atoms in total. The molecule has 1 aliphatic rings. The minimum absolute atomic E-state index is 0.000940. The van der Waals surface area contributed by atoms with Crippen LogP contribution in [0.15, 0.2) is 54.6 Å². The van der Waals surface area contributed by atoms with Gasteiger partial charge < -0.3 is 19.9 Å². The third kappa shape index (κ3) is 10.3. The van der Waals surface area contributed by atoms with Crippen LogP contribution in [0, 0.1) is 11.8 Å². The van der Waals surface area contributed by atoms with Crippen molar-refractivity contribution in [2.75, 3.05) is 46.8 Å². The summed E-state index contributed by atoms with van der Waals surface area (Å²) in [6.07, 6.45) is 2.23. The highest BCUT2D eigenvalue weighted by atomic mass is 16.5. The molecule has 1 aliphatic heterocycles. The van der Waals surface area contributed by atoms with E-state index < -0.39 is 6.04 Å². The quantitative estimate of drug-likeness (QED) is 0.376. The van der Waals surface area contributed by atoms with Crippen molar-refractivity contribution in [3.8, 4) is 5.75 Å². The minimum atomic E-state index is -0.611. The fourth-order valence-corrected chi connectivity index (χ4v) is 4.96. The van der Waals surface area contributed by atoms with Gasteiger partial charge in [-0.3, -0.25) is 14.5 Å². The van der Waals surface area contributed by atoms with E-state index in [0.717, 1.165) is 49.4 Å². The number of hydrogen-bond donors (Lipinski definition) is 1. The van der Waals surface area contributed by atoms with Crippen LogP contribution in [0.3, 0.4) is 0 Å². The average molecular weight is 551 g/mol. The van der Waals surface area contributed by atoms with E-state index in [-0.39, 0.29) is 17.9 Å². The Labute approximate surface area is 241 Å². The van der Waals surface area contributed by atoms with Crippen LogP contribution in [0.25, 0.3) is 0 Å². The minimum Gasteiger partial charge on any atom is -0.489 e. The molecule has 0 unspecified atom stereocenters. The van der Waals surface area contributed by atoms with Gasteiger partial charge in [0.1, 0.15) is 18.4 Å². The van der Waals surface area contributed by atoms with Crippen LogP contribution in [-0.4, -0.2) is 85.4 Å². The number of amides is 2. The molecule has 220 valence electrons. The zero-order valence-electron chi connectivity index (χ0n) is 25.4. The maximum absolute atomic E-state index is 13.8. The first-order valence-corrected chi connectivity index (χ1v) is 14.9. The average Bonchev–Trinajstić information content (AvgIpc) is 2.94. The van der Waals surface area contributed by atoms with Gasteiger partial charge in [0.25, 0.3) is 0 Å². The fourth-order valence-electron chi connectivity index (χ4n) is 4.96. The van der Waals surface area contributed by atoms with Gasteiger partial charge in [0.05, 0.1) is 6.04 Å². The van der Waals surface area contributed by atoms with E-state index >= 15 is 0 Å². The van der Waals surface area contributed by atoms with Crippen molar-refractivity contribution in [3.63, 3.8) is 0 Å². The van der Waals surface area contributed by atoms with E-state index in [1.54, 1.807) is 0 Å². The van der Waals surface area contributed by atoms with Gasteiger partial charge in [0.2, 0.25) is 11.8 Å². The smallest absolute Gasteiger partial charge is 0.245 e. The van der Waals surface area contributed by atoms with Crippen molar-refractivity contribution in [2.24, 2.45) is 11.8 Å². The Hall–Kier alpha value is -2.90. The largest absolute Gasteiger partial charge is 0.489 e. The fraction of sp³-hybridized carbons (Fsp3) is 0.576. The Morgan fingerprint density at radius 1 is 0.900 bits per heavy atom. The predicted octanol–water partition coefficient (Wildman–Crippen LogP) is 4.46. The Kier molecular flexibility index (Phi) is 12.5. The van der Waals surface area contributed by atoms with E-state index in [0.29, 0.717) is 38.0 Å². The monoisotopic (exact) mass is 550 g/mol. The van der Waals surface area contributed by atoms with Crippen molar-refractivity contribution in [1.82, 2.24) is 20.0 Å². The first-order chi connectivity index (χ1) is 19.1. The zero-order valence-corrected chi connectivity index (χ0v) is 25.4. The molecule has 0 aromatic heterocycles. The topological polar surface area (TPSA) is 65.1 Å². The molecule has 1 fully saturated rings. The molecular weight excluding hydrogens is 500 g/mol. The van der Waals surface area contributed by atoms with Gasteiger partial charge in [-0.05, 0) is 68.6 Å². The van der Waals surface area contributed by atoms with E-state index in [2.05, 4.69) is 49.9 Å². The normalized spacial score (nSPS) is 15.9. The molecule has 1 N–H and O–H groups in total. The third-order valence-corrected chi connectivity index (χ3v) is 7.63. The molecular formula is C33H50N4O3. The Balaban J connectivity index is 1.73. The molecule has 3 rings (SSSR count). The first-order valence-electron chi connectivity index (χ1n) is 14.9. The van der Waals surface area contributed by atoms with Crippen molar-refractivity contribution in [3.05, 3.63) is 65.7 Å². The summed E-state index contributed by atoms with van der Waals surface area (Å²) >= 11 is 0. The molecule has 0 saturated carbocycles. The van der Waals surface area contributed by atoms with E-state index in [1.807, 2.05) is 66.5 Å². The number of nitrogens with one attached hydrogen (secondary N) is 1. The van der Waals surface area contributed by atoms with Gasteiger partial charge in [-0.15, -0.1) is 0 Å². The van der Waals surface area contributed by atoms with Gasteiger partial charge in [-0.1, -0.05) is 70.2 Å². The Bertz CT molecular complexity index is 1030. The highest BCUT2D eigenvalue weighted by Gasteiger charge is 2.32. The predicted molar refractivity (Wildman–Crippen MR) is 162 cm³/mol. The molecule has 2 atom stereocenters. The number of ether oxygens (including phenoxy) is 1. The standard InChI is InChI=1S/C33H50N4O3/c1-25(2)16-17-36(6)31(22-26(3)4)32(38)34-30(33(39)37-20-18-35(5)19-21-37)23-27-12-14-29(15-13-27)40-24-28-10-8-7-9-11-28/h7-15,25-26,30-31H,16-24H2,1-6H3,(H,34,38)/t30-,31-/m0/s1. The summed E-state index contributed by atoms with van der Waals surface area (Å²) < 4.78 is 5.95. The van der Waals surface area contributed by atoms with E-state index in [9.17, 15) is 9.59 Å². The maximum atomic E-state index is 13.8. The number of carbonyl (C=O) groups is 2. The lowest BCUT2D eigenvalue weighted by Gasteiger charge is -2.36. The molecule has 40 heavy (non-hydrogen) atoms.